The van der Waals surface area contributed by atoms with Gasteiger partial charge in [0.1, 0.15) is 5.69 Å². The van der Waals surface area contributed by atoms with Crippen molar-refractivity contribution < 1.29 is 14.5 Å². The third-order valence-corrected chi connectivity index (χ3v) is 4.88. The summed E-state index contributed by atoms with van der Waals surface area (Å²) in [5.74, 6) is -1.15. The molecule has 2 amide bonds. The Bertz CT molecular complexity index is 1300. The Morgan fingerprint density at radius 2 is 1.52 bits per heavy atom. The fourth-order valence-electron chi connectivity index (χ4n) is 3.31. The molecule has 0 atom stereocenters. The van der Waals surface area contributed by atoms with Gasteiger partial charge in [-0.05, 0) is 12.1 Å². The molecule has 9 heteroatoms. The van der Waals surface area contributed by atoms with Crippen LogP contribution in [0.25, 0.3) is 16.9 Å². The zero-order valence-corrected chi connectivity index (χ0v) is 17.3. The maximum atomic E-state index is 12.9. The molecule has 0 unspecified atom stereocenters. The Balaban J connectivity index is 1.54. The number of benzene rings is 3. The Hall–Kier alpha value is -4.79. The van der Waals surface area contributed by atoms with Crippen molar-refractivity contribution in [2.45, 2.75) is 6.42 Å². The second-order valence-corrected chi connectivity index (χ2v) is 7.10. The SMILES string of the molecule is O=C(Cc1ccccc1[N+](=O)[O-])NNC(=O)c1cn(-c2ccccc2)nc1-c1ccccc1. The number of para-hydroxylation sites is 2. The fraction of sp³-hybridized carbons (Fsp3) is 0.0417. The molecule has 1 aromatic heterocycles. The lowest BCUT2D eigenvalue weighted by atomic mass is 10.1. The highest BCUT2D eigenvalue weighted by atomic mass is 16.6. The minimum atomic E-state index is -0.589. The second-order valence-electron chi connectivity index (χ2n) is 7.10. The number of nitro groups is 1. The molecule has 0 spiro atoms. The van der Waals surface area contributed by atoms with Crippen LogP contribution in [0.4, 0.5) is 5.69 Å². The molecule has 1 heterocycles. The van der Waals surface area contributed by atoms with Gasteiger partial charge in [0.25, 0.3) is 11.6 Å². The third-order valence-electron chi connectivity index (χ3n) is 4.88. The van der Waals surface area contributed by atoms with Crippen LogP contribution >= 0.6 is 0 Å². The van der Waals surface area contributed by atoms with Gasteiger partial charge in [0.05, 0.1) is 22.6 Å². The van der Waals surface area contributed by atoms with Gasteiger partial charge in [-0.15, -0.1) is 0 Å². The number of hydrogen-bond acceptors (Lipinski definition) is 5. The summed E-state index contributed by atoms with van der Waals surface area (Å²) in [5, 5.41) is 15.7. The smallest absolute Gasteiger partial charge is 0.273 e. The summed E-state index contributed by atoms with van der Waals surface area (Å²) < 4.78 is 1.59. The number of carbonyl (C=O) groups excluding carboxylic acids is 2. The van der Waals surface area contributed by atoms with Gasteiger partial charge in [0.2, 0.25) is 5.91 Å². The fourth-order valence-corrected chi connectivity index (χ4v) is 3.31. The molecule has 0 saturated heterocycles. The number of amides is 2. The van der Waals surface area contributed by atoms with Crippen LogP contribution in [0.5, 0.6) is 0 Å². The van der Waals surface area contributed by atoms with Crippen LogP contribution in [0.1, 0.15) is 15.9 Å². The molecule has 0 aliphatic carbocycles. The van der Waals surface area contributed by atoms with E-state index in [2.05, 4.69) is 16.0 Å². The second kappa shape index (κ2) is 9.56. The van der Waals surface area contributed by atoms with E-state index in [1.807, 2.05) is 60.7 Å². The monoisotopic (exact) mass is 441 g/mol. The first-order chi connectivity index (χ1) is 16.0. The highest BCUT2D eigenvalue weighted by molar-refractivity contribution is 6.00. The lowest BCUT2D eigenvalue weighted by Crippen LogP contribution is -2.42. The molecule has 4 rings (SSSR count). The van der Waals surface area contributed by atoms with Gasteiger partial charge in [-0.1, -0.05) is 66.7 Å². The van der Waals surface area contributed by atoms with E-state index < -0.39 is 16.7 Å². The van der Waals surface area contributed by atoms with E-state index in [4.69, 9.17) is 0 Å². The van der Waals surface area contributed by atoms with Crippen molar-refractivity contribution in [2.24, 2.45) is 0 Å². The van der Waals surface area contributed by atoms with E-state index in [0.717, 1.165) is 11.3 Å². The van der Waals surface area contributed by atoms with E-state index >= 15 is 0 Å². The normalized spacial score (nSPS) is 10.4. The number of hydrazine groups is 1. The number of rotatable bonds is 6. The number of nitrogens with one attached hydrogen (secondary N) is 2. The number of nitro benzene ring substituents is 1. The summed E-state index contributed by atoms with van der Waals surface area (Å²) in [6, 6.07) is 24.5. The Labute approximate surface area is 188 Å². The van der Waals surface area contributed by atoms with Crippen LogP contribution in [0.3, 0.4) is 0 Å². The summed E-state index contributed by atoms with van der Waals surface area (Å²) in [5.41, 5.74) is 7.02. The summed E-state index contributed by atoms with van der Waals surface area (Å²) in [7, 11) is 0. The molecule has 33 heavy (non-hydrogen) atoms. The van der Waals surface area contributed by atoms with Crippen LogP contribution in [0.2, 0.25) is 0 Å². The van der Waals surface area contributed by atoms with E-state index in [-0.39, 0.29) is 23.2 Å². The molecule has 0 bridgehead atoms. The van der Waals surface area contributed by atoms with Crippen molar-refractivity contribution in [3.63, 3.8) is 0 Å². The minimum absolute atomic E-state index is 0.158. The molecule has 3 aromatic carbocycles. The van der Waals surface area contributed by atoms with Gasteiger partial charge in [-0.3, -0.25) is 30.6 Å². The lowest BCUT2D eigenvalue weighted by molar-refractivity contribution is -0.385. The van der Waals surface area contributed by atoms with Crippen LogP contribution in [-0.2, 0) is 11.2 Å². The van der Waals surface area contributed by atoms with Crippen molar-refractivity contribution in [3.8, 4) is 16.9 Å². The Morgan fingerprint density at radius 1 is 0.879 bits per heavy atom. The predicted octanol–water partition coefficient (Wildman–Crippen LogP) is 3.45. The van der Waals surface area contributed by atoms with Crippen molar-refractivity contribution in [1.29, 1.82) is 0 Å². The van der Waals surface area contributed by atoms with Gasteiger partial charge in [-0.25, -0.2) is 4.68 Å². The number of hydrogen-bond donors (Lipinski definition) is 2. The van der Waals surface area contributed by atoms with Crippen molar-refractivity contribution in [3.05, 3.63) is 112 Å². The quantitative estimate of drug-likeness (QED) is 0.351. The zero-order chi connectivity index (χ0) is 23.2. The standard InChI is InChI=1S/C24H19N5O4/c30-22(15-18-11-7-8-14-21(18)29(32)33)25-26-24(31)20-16-28(19-12-5-2-6-13-19)27-23(20)17-9-3-1-4-10-17/h1-14,16H,15H2,(H,25,30)(H,26,31). The van der Waals surface area contributed by atoms with Crippen LogP contribution in [0.15, 0.2) is 91.1 Å². The average molecular weight is 441 g/mol. The number of nitrogens with zero attached hydrogens (tertiary/aromatic N) is 3. The summed E-state index contributed by atoms with van der Waals surface area (Å²) in [6.45, 7) is 0. The maximum absolute atomic E-state index is 12.9. The van der Waals surface area contributed by atoms with E-state index in [0.29, 0.717) is 5.69 Å². The van der Waals surface area contributed by atoms with Gasteiger partial charge in [0, 0.05) is 23.4 Å². The van der Waals surface area contributed by atoms with E-state index in [1.165, 1.54) is 18.2 Å². The molecule has 0 aliphatic rings. The maximum Gasteiger partial charge on any atom is 0.273 e. The molecule has 0 fully saturated rings. The van der Waals surface area contributed by atoms with Crippen LogP contribution < -0.4 is 10.9 Å². The van der Waals surface area contributed by atoms with Crippen LogP contribution in [-0.4, -0.2) is 26.5 Å². The first-order valence-corrected chi connectivity index (χ1v) is 10.0. The first-order valence-electron chi connectivity index (χ1n) is 10.0. The largest absolute Gasteiger partial charge is 0.273 e. The Morgan fingerprint density at radius 3 is 2.21 bits per heavy atom. The topological polar surface area (TPSA) is 119 Å². The summed E-state index contributed by atoms with van der Waals surface area (Å²) in [4.78, 5) is 35.9. The first kappa shape index (κ1) is 21.4. The minimum Gasteiger partial charge on any atom is -0.273 e. The molecule has 164 valence electrons. The van der Waals surface area contributed by atoms with Gasteiger partial charge in [0.15, 0.2) is 0 Å². The summed E-state index contributed by atoms with van der Waals surface area (Å²) >= 11 is 0. The van der Waals surface area contributed by atoms with Gasteiger partial charge >= 0.3 is 0 Å². The van der Waals surface area contributed by atoms with E-state index in [1.54, 1.807) is 16.9 Å². The predicted molar refractivity (Wildman–Crippen MR) is 121 cm³/mol. The number of aromatic nitrogens is 2. The zero-order valence-electron chi connectivity index (χ0n) is 17.3. The van der Waals surface area contributed by atoms with E-state index in [9.17, 15) is 19.7 Å². The molecular formula is C24H19N5O4. The number of carbonyl (C=O) groups is 2. The Kier molecular flexibility index (Phi) is 6.21. The average Bonchev–Trinajstić information content (AvgIpc) is 3.30. The lowest BCUT2D eigenvalue weighted by Gasteiger charge is -2.08. The van der Waals surface area contributed by atoms with Crippen molar-refractivity contribution >= 4 is 17.5 Å². The van der Waals surface area contributed by atoms with Crippen LogP contribution in [0, 0.1) is 10.1 Å². The third kappa shape index (κ3) is 4.93. The highest BCUT2D eigenvalue weighted by Gasteiger charge is 2.20. The summed E-state index contributed by atoms with van der Waals surface area (Å²) in [6.07, 6.45) is 1.33. The van der Waals surface area contributed by atoms with Crippen molar-refractivity contribution in [2.75, 3.05) is 0 Å². The molecular weight excluding hydrogens is 422 g/mol. The highest BCUT2D eigenvalue weighted by Crippen LogP contribution is 2.23. The molecule has 4 aromatic rings. The molecule has 0 aliphatic heterocycles. The molecule has 2 N–H and O–H groups in total. The van der Waals surface area contributed by atoms with Gasteiger partial charge < -0.3 is 0 Å². The molecule has 0 saturated carbocycles. The van der Waals surface area contributed by atoms with Crippen molar-refractivity contribution in [1.82, 2.24) is 20.6 Å². The molecule has 0 radical (unpaired) electrons. The molecule has 9 nitrogen and oxygen atoms in total. The van der Waals surface area contributed by atoms with Gasteiger partial charge in [-0.2, -0.15) is 5.10 Å².